The maximum atomic E-state index is 12.1. The molecular weight excluding hydrogens is 274 g/mol. The van der Waals surface area contributed by atoms with E-state index in [9.17, 15) is 4.79 Å². The van der Waals surface area contributed by atoms with Crippen LogP contribution in [-0.2, 0) is 0 Å². The highest BCUT2D eigenvalue weighted by Gasteiger charge is 2.16. The van der Waals surface area contributed by atoms with Gasteiger partial charge in [0, 0.05) is 11.4 Å². The lowest BCUT2D eigenvalue weighted by molar-refractivity contribution is 0.0947. The van der Waals surface area contributed by atoms with E-state index in [4.69, 9.17) is 4.42 Å². The number of hydrogen-bond acceptors (Lipinski definition) is 5. The van der Waals surface area contributed by atoms with Crippen LogP contribution in [0.5, 0.6) is 0 Å². The molecule has 2 heterocycles. The van der Waals surface area contributed by atoms with Gasteiger partial charge in [-0.05, 0) is 46.1 Å². The summed E-state index contributed by atoms with van der Waals surface area (Å²) in [5, 5.41) is 3.64. The molecule has 0 bridgehead atoms. The average molecular weight is 293 g/mol. The third-order valence-electron chi connectivity index (χ3n) is 2.81. The van der Waals surface area contributed by atoms with Crippen LogP contribution in [-0.4, -0.2) is 43.0 Å². The molecule has 0 spiro atoms. The smallest absolute Gasteiger partial charge is 0.271 e. The SMILES string of the molecule is Cc1sc(-c2ccco2)nc1C(=O)NCCCN(C)C. The minimum absolute atomic E-state index is 0.115. The summed E-state index contributed by atoms with van der Waals surface area (Å²) in [5.41, 5.74) is 0.492. The Balaban J connectivity index is 1.96. The molecule has 1 N–H and O–H groups in total. The molecule has 2 aromatic rings. The third-order valence-corrected chi connectivity index (χ3v) is 3.80. The van der Waals surface area contributed by atoms with E-state index in [2.05, 4.69) is 15.2 Å². The van der Waals surface area contributed by atoms with Gasteiger partial charge in [0.25, 0.3) is 5.91 Å². The van der Waals surface area contributed by atoms with Crippen molar-refractivity contribution in [2.24, 2.45) is 0 Å². The maximum Gasteiger partial charge on any atom is 0.271 e. The second kappa shape index (κ2) is 6.67. The van der Waals surface area contributed by atoms with Crippen LogP contribution in [0.3, 0.4) is 0 Å². The van der Waals surface area contributed by atoms with Crippen LogP contribution in [0.4, 0.5) is 0 Å². The zero-order valence-electron chi connectivity index (χ0n) is 12.0. The molecule has 108 valence electrons. The number of carbonyl (C=O) groups excluding carboxylic acids is 1. The van der Waals surface area contributed by atoms with Crippen molar-refractivity contribution in [2.45, 2.75) is 13.3 Å². The van der Waals surface area contributed by atoms with Crippen molar-refractivity contribution < 1.29 is 9.21 Å². The largest absolute Gasteiger partial charge is 0.462 e. The van der Waals surface area contributed by atoms with E-state index >= 15 is 0 Å². The molecule has 0 aliphatic rings. The van der Waals surface area contributed by atoms with Crippen LogP contribution in [0.1, 0.15) is 21.8 Å². The van der Waals surface area contributed by atoms with Crippen molar-refractivity contribution in [1.82, 2.24) is 15.2 Å². The van der Waals surface area contributed by atoms with E-state index in [1.54, 1.807) is 6.26 Å². The Bertz CT molecular complexity index is 561. The lowest BCUT2D eigenvalue weighted by Gasteiger charge is -2.09. The third kappa shape index (κ3) is 3.68. The summed E-state index contributed by atoms with van der Waals surface area (Å²) in [6.07, 6.45) is 2.53. The van der Waals surface area contributed by atoms with E-state index < -0.39 is 0 Å². The summed E-state index contributed by atoms with van der Waals surface area (Å²) >= 11 is 1.47. The predicted molar refractivity (Wildman–Crippen MR) is 80.1 cm³/mol. The molecule has 0 aliphatic carbocycles. The van der Waals surface area contributed by atoms with Crippen molar-refractivity contribution in [2.75, 3.05) is 27.2 Å². The fraction of sp³-hybridized carbons (Fsp3) is 0.429. The van der Waals surface area contributed by atoms with Gasteiger partial charge in [0.1, 0.15) is 5.69 Å². The first-order valence-electron chi connectivity index (χ1n) is 6.52. The van der Waals surface area contributed by atoms with Crippen molar-refractivity contribution in [3.8, 4) is 10.8 Å². The summed E-state index contributed by atoms with van der Waals surface area (Å²) in [5.74, 6) is 0.583. The fourth-order valence-corrected chi connectivity index (χ4v) is 2.67. The molecule has 0 atom stereocenters. The topological polar surface area (TPSA) is 58.4 Å². The molecule has 1 amide bonds. The Morgan fingerprint density at radius 3 is 2.95 bits per heavy atom. The molecule has 2 aromatic heterocycles. The number of nitrogens with zero attached hydrogens (tertiary/aromatic N) is 2. The second-order valence-corrected chi connectivity index (χ2v) is 6.02. The van der Waals surface area contributed by atoms with Crippen molar-refractivity contribution >= 4 is 17.2 Å². The van der Waals surface area contributed by atoms with Gasteiger partial charge in [-0.25, -0.2) is 4.98 Å². The monoisotopic (exact) mass is 293 g/mol. The Kier molecular flexibility index (Phi) is 4.92. The first kappa shape index (κ1) is 14.7. The number of aromatic nitrogens is 1. The number of hydrogen-bond donors (Lipinski definition) is 1. The van der Waals surface area contributed by atoms with Gasteiger partial charge in [0.15, 0.2) is 10.8 Å². The zero-order chi connectivity index (χ0) is 14.5. The molecule has 2 rings (SSSR count). The number of thiazole rings is 1. The Morgan fingerprint density at radius 2 is 2.30 bits per heavy atom. The highest BCUT2D eigenvalue weighted by molar-refractivity contribution is 7.15. The molecule has 5 nitrogen and oxygen atoms in total. The standard InChI is InChI=1S/C14H19N3O2S/c1-10-12(13(18)15-7-5-8-17(2)3)16-14(20-10)11-6-4-9-19-11/h4,6,9H,5,7-8H2,1-3H3,(H,15,18). The lowest BCUT2D eigenvalue weighted by Crippen LogP contribution is -2.27. The Hall–Kier alpha value is -1.66. The molecular formula is C14H19N3O2S. The molecule has 6 heteroatoms. The minimum Gasteiger partial charge on any atom is -0.462 e. The normalized spacial score (nSPS) is 11.0. The highest BCUT2D eigenvalue weighted by atomic mass is 32.1. The number of carbonyl (C=O) groups is 1. The van der Waals surface area contributed by atoms with Crippen LogP contribution >= 0.6 is 11.3 Å². The van der Waals surface area contributed by atoms with Gasteiger partial charge >= 0.3 is 0 Å². The summed E-state index contributed by atoms with van der Waals surface area (Å²) < 4.78 is 5.30. The molecule has 0 aliphatic heterocycles. The van der Waals surface area contributed by atoms with E-state index in [1.807, 2.05) is 33.2 Å². The summed E-state index contributed by atoms with van der Waals surface area (Å²) in [4.78, 5) is 19.4. The highest BCUT2D eigenvalue weighted by Crippen LogP contribution is 2.27. The molecule has 0 unspecified atom stereocenters. The van der Waals surface area contributed by atoms with Crippen LogP contribution in [0.2, 0.25) is 0 Å². The minimum atomic E-state index is -0.115. The fourth-order valence-electron chi connectivity index (χ4n) is 1.79. The Labute approximate surface area is 122 Å². The van der Waals surface area contributed by atoms with Gasteiger partial charge in [-0.2, -0.15) is 0 Å². The van der Waals surface area contributed by atoms with E-state index in [-0.39, 0.29) is 5.91 Å². The summed E-state index contributed by atoms with van der Waals surface area (Å²) in [6.45, 7) is 3.51. The quantitative estimate of drug-likeness (QED) is 0.831. The van der Waals surface area contributed by atoms with Gasteiger partial charge in [-0.1, -0.05) is 0 Å². The van der Waals surface area contributed by atoms with Gasteiger partial charge in [0.2, 0.25) is 0 Å². The van der Waals surface area contributed by atoms with Crippen LogP contribution in [0, 0.1) is 6.92 Å². The summed E-state index contributed by atoms with van der Waals surface area (Å²) in [6, 6.07) is 3.66. The van der Waals surface area contributed by atoms with Gasteiger partial charge in [-0.15, -0.1) is 11.3 Å². The van der Waals surface area contributed by atoms with Crippen molar-refractivity contribution in [1.29, 1.82) is 0 Å². The number of aryl methyl sites for hydroxylation is 1. The molecule has 0 fully saturated rings. The van der Waals surface area contributed by atoms with E-state index in [0.29, 0.717) is 18.0 Å². The maximum absolute atomic E-state index is 12.1. The molecule has 0 aromatic carbocycles. The number of rotatable bonds is 6. The number of furan rings is 1. The van der Waals surface area contributed by atoms with Crippen molar-refractivity contribution in [3.05, 3.63) is 29.0 Å². The van der Waals surface area contributed by atoms with E-state index in [1.165, 1.54) is 11.3 Å². The average Bonchev–Trinajstić information content (AvgIpc) is 3.02. The van der Waals surface area contributed by atoms with Crippen LogP contribution < -0.4 is 5.32 Å². The lowest BCUT2D eigenvalue weighted by atomic mass is 10.3. The number of nitrogens with one attached hydrogen (secondary N) is 1. The van der Waals surface area contributed by atoms with Gasteiger partial charge in [0.05, 0.1) is 6.26 Å². The van der Waals surface area contributed by atoms with Crippen LogP contribution in [0.15, 0.2) is 22.8 Å². The second-order valence-electron chi connectivity index (χ2n) is 4.81. The molecule has 20 heavy (non-hydrogen) atoms. The molecule has 0 saturated heterocycles. The number of amides is 1. The molecule has 0 radical (unpaired) electrons. The van der Waals surface area contributed by atoms with E-state index in [0.717, 1.165) is 22.9 Å². The summed E-state index contributed by atoms with van der Waals surface area (Å²) in [7, 11) is 4.03. The Morgan fingerprint density at radius 1 is 1.50 bits per heavy atom. The molecule has 0 saturated carbocycles. The predicted octanol–water partition coefficient (Wildman–Crippen LogP) is 2.39. The first-order chi connectivity index (χ1) is 9.58. The van der Waals surface area contributed by atoms with Crippen LogP contribution in [0.25, 0.3) is 10.8 Å². The zero-order valence-corrected chi connectivity index (χ0v) is 12.8. The van der Waals surface area contributed by atoms with Crippen molar-refractivity contribution in [3.63, 3.8) is 0 Å². The van der Waals surface area contributed by atoms with Gasteiger partial charge in [-0.3, -0.25) is 4.79 Å². The van der Waals surface area contributed by atoms with Gasteiger partial charge < -0.3 is 14.6 Å². The first-order valence-corrected chi connectivity index (χ1v) is 7.34.